The third kappa shape index (κ3) is 2.62. The topological polar surface area (TPSA) is 55.8 Å². The first-order valence-electron chi connectivity index (χ1n) is 9.38. The summed E-state index contributed by atoms with van der Waals surface area (Å²) in [6.07, 6.45) is -0.0952. The van der Waals surface area contributed by atoms with Crippen LogP contribution in [0.5, 0.6) is 0 Å². The van der Waals surface area contributed by atoms with E-state index in [2.05, 4.69) is 6.07 Å². The van der Waals surface area contributed by atoms with Gasteiger partial charge in [-0.2, -0.15) is 4.79 Å². The molecule has 2 heterocycles. The molecule has 0 aliphatic carbocycles. The standard InChI is InChI=1S/C20H30BNO4/c1-18(2,3)22(17(23)24)13-12-14-10-8-9-11-15(14)16(22)21-25-19(4,5)20(6,7)26-21/h8-11,16H,12-13H2,1-7H3/p+1. The number of carboxylic acid groups (broad SMARTS) is 1. The molecule has 1 fully saturated rings. The molecule has 1 aromatic rings. The molecular formula is C20H31BNO4+. The first-order chi connectivity index (χ1) is 11.8. The SMILES string of the molecule is CC1(C)OB(C2c3ccccc3CC[N+]2(C(=O)O)C(C)(C)C)OC1(C)C. The van der Waals surface area contributed by atoms with Crippen LogP contribution in [0.1, 0.15) is 65.5 Å². The van der Waals surface area contributed by atoms with Gasteiger partial charge in [0.1, 0.15) is 5.54 Å². The smallest absolute Gasteiger partial charge is 0.435 e. The molecule has 0 aromatic heterocycles. The highest BCUT2D eigenvalue weighted by Gasteiger charge is 2.66. The molecule has 0 saturated carbocycles. The summed E-state index contributed by atoms with van der Waals surface area (Å²) in [6, 6.07) is 8.11. The third-order valence-corrected chi connectivity index (χ3v) is 6.65. The van der Waals surface area contributed by atoms with Gasteiger partial charge in [-0.15, -0.1) is 0 Å². The van der Waals surface area contributed by atoms with Crippen molar-refractivity contribution >= 4 is 13.2 Å². The number of rotatable bonds is 1. The minimum Gasteiger partial charge on any atom is -0.435 e. The summed E-state index contributed by atoms with van der Waals surface area (Å²) < 4.78 is 12.6. The van der Waals surface area contributed by atoms with Gasteiger partial charge in [0, 0.05) is 12.0 Å². The van der Waals surface area contributed by atoms with Crippen LogP contribution in [0.2, 0.25) is 0 Å². The van der Waals surface area contributed by atoms with Crippen molar-refractivity contribution < 1.29 is 23.7 Å². The molecule has 142 valence electrons. The van der Waals surface area contributed by atoms with Gasteiger partial charge in [0.2, 0.25) is 0 Å². The lowest BCUT2D eigenvalue weighted by Gasteiger charge is -2.51. The van der Waals surface area contributed by atoms with Crippen LogP contribution in [0.25, 0.3) is 0 Å². The maximum absolute atomic E-state index is 12.7. The number of hydrogen-bond donors (Lipinski definition) is 1. The van der Waals surface area contributed by atoms with E-state index in [1.54, 1.807) is 0 Å². The number of carbonyl (C=O) groups is 1. The Morgan fingerprint density at radius 2 is 1.69 bits per heavy atom. The molecule has 5 nitrogen and oxygen atoms in total. The summed E-state index contributed by atoms with van der Waals surface area (Å²) in [5.41, 5.74) is 0.695. The first-order valence-corrected chi connectivity index (χ1v) is 9.38. The lowest BCUT2D eigenvalue weighted by atomic mass is 9.66. The second kappa shape index (κ2) is 5.81. The highest BCUT2D eigenvalue weighted by atomic mass is 16.7. The van der Waals surface area contributed by atoms with E-state index in [0.717, 1.165) is 12.0 Å². The number of hydrogen-bond acceptors (Lipinski definition) is 3. The van der Waals surface area contributed by atoms with E-state index in [4.69, 9.17) is 9.31 Å². The van der Waals surface area contributed by atoms with Gasteiger partial charge in [0.05, 0.1) is 17.7 Å². The maximum atomic E-state index is 12.7. The van der Waals surface area contributed by atoms with Gasteiger partial charge in [0.15, 0.2) is 5.94 Å². The molecule has 3 rings (SSSR count). The lowest BCUT2D eigenvalue weighted by molar-refractivity contribution is -0.924. The van der Waals surface area contributed by atoms with Crippen LogP contribution in [0, 0.1) is 0 Å². The average molecular weight is 360 g/mol. The summed E-state index contributed by atoms with van der Waals surface area (Å²) in [7, 11) is -0.614. The van der Waals surface area contributed by atoms with E-state index in [1.807, 2.05) is 66.7 Å². The van der Waals surface area contributed by atoms with Crippen molar-refractivity contribution in [1.29, 1.82) is 0 Å². The van der Waals surface area contributed by atoms with E-state index in [0.29, 0.717) is 6.54 Å². The third-order valence-electron chi connectivity index (χ3n) is 6.65. The van der Waals surface area contributed by atoms with Crippen molar-refractivity contribution in [3.05, 3.63) is 35.4 Å². The molecule has 1 aromatic carbocycles. The Hall–Kier alpha value is -1.37. The molecule has 2 unspecified atom stereocenters. The van der Waals surface area contributed by atoms with Gasteiger partial charge in [0.25, 0.3) is 0 Å². The van der Waals surface area contributed by atoms with Crippen LogP contribution in [0.3, 0.4) is 0 Å². The predicted molar refractivity (Wildman–Crippen MR) is 102 cm³/mol. The van der Waals surface area contributed by atoms with Crippen molar-refractivity contribution in [2.45, 2.75) is 77.6 Å². The minimum atomic E-state index is -0.827. The Kier molecular flexibility index (Phi) is 4.34. The highest BCUT2D eigenvalue weighted by Crippen LogP contribution is 2.49. The van der Waals surface area contributed by atoms with Crippen LogP contribution in [-0.2, 0) is 15.7 Å². The number of amides is 1. The molecule has 2 aliphatic heterocycles. The average Bonchev–Trinajstić information content (AvgIpc) is 2.72. The van der Waals surface area contributed by atoms with Crippen LogP contribution in [0.4, 0.5) is 4.79 Å². The second-order valence-electron chi connectivity index (χ2n) is 9.56. The molecule has 0 spiro atoms. The summed E-state index contributed by atoms with van der Waals surface area (Å²) in [4.78, 5) is 12.7. The summed E-state index contributed by atoms with van der Waals surface area (Å²) in [5.74, 6) is -0.418. The molecule has 1 amide bonds. The fourth-order valence-electron chi connectivity index (χ4n) is 4.35. The van der Waals surface area contributed by atoms with Crippen LogP contribution < -0.4 is 0 Å². The van der Waals surface area contributed by atoms with E-state index < -0.39 is 35.9 Å². The van der Waals surface area contributed by atoms with Crippen LogP contribution in [-0.4, -0.2) is 46.1 Å². The predicted octanol–water partition coefficient (Wildman–Crippen LogP) is 4.21. The van der Waals surface area contributed by atoms with E-state index in [1.165, 1.54) is 5.56 Å². The Labute approximate surface area is 157 Å². The van der Waals surface area contributed by atoms with Crippen molar-refractivity contribution in [2.24, 2.45) is 0 Å². The zero-order chi connectivity index (χ0) is 19.5. The number of benzene rings is 1. The fraction of sp³-hybridized carbons (Fsp3) is 0.650. The molecule has 0 bridgehead atoms. The van der Waals surface area contributed by atoms with Crippen molar-refractivity contribution in [3.8, 4) is 0 Å². The monoisotopic (exact) mass is 360 g/mol. The van der Waals surface area contributed by atoms with Crippen LogP contribution >= 0.6 is 0 Å². The van der Waals surface area contributed by atoms with Crippen molar-refractivity contribution in [3.63, 3.8) is 0 Å². The lowest BCUT2D eigenvalue weighted by Crippen LogP contribution is -2.70. The second-order valence-corrected chi connectivity index (χ2v) is 9.56. The first kappa shape index (κ1) is 19.4. The van der Waals surface area contributed by atoms with Gasteiger partial charge in [-0.05, 0) is 54.0 Å². The van der Waals surface area contributed by atoms with E-state index in [9.17, 15) is 9.90 Å². The molecule has 6 heteroatoms. The van der Waals surface area contributed by atoms with Crippen molar-refractivity contribution in [2.75, 3.05) is 6.54 Å². The molecule has 1 saturated heterocycles. The minimum absolute atomic E-state index is 0.0964. The van der Waals surface area contributed by atoms with Gasteiger partial charge >= 0.3 is 13.2 Å². The summed E-state index contributed by atoms with van der Waals surface area (Å²) >= 11 is 0. The van der Waals surface area contributed by atoms with Gasteiger partial charge in [-0.1, -0.05) is 24.3 Å². The molecule has 2 atom stereocenters. The zero-order valence-corrected chi connectivity index (χ0v) is 17.0. The Balaban J connectivity index is 2.20. The van der Waals surface area contributed by atoms with Crippen LogP contribution in [0.15, 0.2) is 24.3 Å². The Morgan fingerprint density at radius 1 is 1.15 bits per heavy atom. The number of fused-ring (bicyclic) bond motifs is 1. The molecule has 2 aliphatic rings. The Bertz CT molecular complexity index is 709. The molecule has 1 N–H and O–H groups in total. The number of nitrogens with zero attached hydrogens (tertiary/aromatic N) is 1. The fourth-order valence-corrected chi connectivity index (χ4v) is 4.35. The molecular weight excluding hydrogens is 329 g/mol. The van der Waals surface area contributed by atoms with Gasteiger partial charge < -0.3 is 14.4 Å². The van der Waals surface area contributed by atoms with Gasteiger partial charge in [-0.25, -0.2) is 4.48 Å². The maximum Gasteiger partial charge on any atom is 0.528 e. The largest absolute Gasteiger partial charge is 0.528 e. The normalized spacial score (nSPS) is 30.1. The number of quaternary nitrogens is 1. The summed E-state index contributed by atoms with van der Waals surface area (Å²) in [5, 5.41) is 10.4. The molecule has 26 heavy (non-hydrogen) atoms. The summed E-state index contributed by atoms with van der Waals surface area (Å²) in [6.45, 7) is 14.5. The van der Waals surface area contributed by atoms with E-state index >= 15 is 0 Å². The van der Waals surface area contributed by atoms with E-state index in [-0.39, 0.29) is 4.48 Å². The molecule has 0 radical (unpaired) electrons. The van der Waals surface area contributed by atoms with Gasteiger partial charge in [-0.3, -0.25) is 0 Å². The zero-order valence-electron chi connectivity index (χ0n) is 17.0. The van der Waals surface area contributed by atoms with Crippen molar-refractivity contribution in [1.82, 2.24) is 0 Å². The quantitative estimate of drug-likeness (QED) is 0.602. The Morgan fingerprint density at radius 3 is 2.19 bits per heavy atom. The highest BCUT2D eigenvalue weighted by molar-refractivity contribution is 6.47.